The van der Waals surface area contributed by atoms with Crippen molar-refractivity contribution in [1.82, 2.24) is 0 Å². The maximum absolute atomic E-state index is 10.4. The van der Waals surface area contributed by atoms with Crippen molar-refractivity contribution < 1.29 is 14.7 Å². The van der Waals surface area contributed by atoms with Crippen molar-refractivity contribution in [2.75, 3.05) is 0 Å². The molecule has 0 fully saturated rings. The zero-order valence-corrected chi connectivity index (χ0v) is 7.96. The second-order valence-electron chi connectivity index (χ2n) is 2.81. The number of carbonyl (C=O) groups excluding carboxylic acids is 1. The summed E-state index contributed by atoms with van der Waals surface area (Å²) in [4.78, 5) is 20.7. The summed E-state index contributed by atoms with van der Waals surface area (Å²) in [5, 5.41) is 8.54. The molecular formula is C12H10O3. The number of rotatable bonds is 4. The fourth-order valence-electron chi connectivity index (χ4n) is 0.988. The lowest BCUT2D eigenvalue weighted by molar-refractivity contribution is -0.133. The fraction of sp³-hybridized carbons (Fsp3) is 0. The first-order valence-corrected chi connectivity index (χ1v) is 4.36. The van der Waals surface area contributed by atoms with Crippen LogP contribution in [0.5, 0.6) is 0 Å². The minimum absolute atomic E-state index is 0.262. The molecule has 0 radical (unpaired) electrons. The Labute approximate surface area is 87.4 Å². The van der Waals surface area contributed by atoms with Gasteiger partial charge in [0.1, 0.15) is 0 Å². The molecule has 1 aromatic rings. The third-order valence-corrected chi connectivity index (χ3v) is 1.74. The third-order valence-electron chi connectivity index (χ3n) is 1.74. The van der Waals surface area contributed by atoms with E-state index in [9.17, 15) is 9.59 Å². The maximum Gasteiger partial charge on any atom is 0.339 e. The Morgan fingerprint density at radius 3 is 2.40 bits per heavy atom. The van der Waals surface area contributed by atoms with Gasteiger partial charge in [-0.1, -0.05) is 42.5 Å². The number of hydrogen-bond acceptors (Lipinski definition) is 2. The Morgan fingerprint density at radius 1 is 1.20 bits per heavy atom. The van der Waals surface area contributed by atoms with E-state index in [1.807, 2.05) is 30.3 Å². The van der Waals surface area contributed by atoms with E-state index in [0.717, 1.165) is 5.56 Å². The first kappa shape index (κ1) is 10.9. The number of allylic oxidation sites excluding steroid dienone is 2. The van der Waals surface area contributed by atoms with E-state index in [1.165, 1.54) is 12.2 Å². The van der Waals surface area contributed by atoms with Crippen LogP contribution in [0.3, 0.4) is 0 Å². The van der Waals surface area contributed by atoms with Crippen molar-refractivity contribution >= 4 is 18.3 Å². The summed E-state index contributed by atoms with van der Waals surface area (Å²) in [6.07, 6.45) is 4.85. The zero-order chi connectivity index (χ0) is 11.1. The monoisotopic (exact) mass is 202 g/mol. The quantitative estimate of drug-likeness (QED) is 0.267. The van der Waals surface area contributed by atoms with E-state index in [0.29, 0.717) is 6.29 Å². The summed E-state index contributed by atoms with van der Waals surface area (Å²) in [5.41, 5.74) is 0.687. The molecule has 0 aliphatic carbocycles. The van der Waals surface area contributed by atoms with Crippen molar-refractivity contribution in [3.8, 4) is 0 Å². The molecule has 3 nitrogen and oxygen atoms in total. The van der Waals surface area contributed by atoms with Crippen LogP contribution in [0.4, 0.5) is 0 Å². The van der Waals surface area contributed by atoms with Crippen LogP contribution in [0, 0.1) is 0 Å². The number of carboxylic acid groups (broad SMARTS) is 1. The van der Waals surface area contributed by atoms with E-state index < -0.39 is 5.97 Å². The largest absolute Gasteiger partial charge is 0.478 e. The molecule has 0 unspecified atom stereocenters. The molecule has 0 spiro atoms. The molecule has 3 heteroatoms. The summed E-state index contributed by atoms with van der Waals surface area (Å²) in [5.74, 6) is -1.22. The van der Waals surface area contributed by atoms with Gasteiger partial charge in [-0.15, -0.1) is 0 Å². The third kappa shape index (κ3) is 3.60. The van der Waals surface area contributed by atoms with Crippen molar-refractivity contribution in [3.63, 3.8) is 0 Å². The predicted octanol–water partition coefficient (Wildman–Crippen LogP) is 1.91. The standard InChI is InChI=1S/C12H10O3/c13-9-11(12(14)15)8-4-7-10-5-2-1-3-6-10/h1-9H,(H,14,15). The Morgan fingerprint density at radius 2 is 1.87 bits per heavy atom. The zero-order valence-electron chi connectivity index (χ0n) is 7.96. The smallest absolute Gasteiger partial charge is 0.339 e. The molecule has 0 aromatic heterocycles. The molecule has 0 aliphatic heterocycles. The predicted molar refractivity (Wildman–Crippen MR) is 57.3 cm³/mol. The Kier molecular flexibility index (Phi) is 4.04. The van der Waals surface area contributed by atoms with E-state index in [-0.39, 0.29) is 5.57 Å². The molecule has 1 rings (SSSR count). The van der Waals surface area contributed by atoms with Gasteiger partial charge in [-0.25, -0.2) is 4.79 Å². The van der Waals surface area contributed by atoms with E-state index in [1.54, 1.807) is 6.08 Å². The van der Waals surface area contributed by atoms with E-state index in [2.05, 4.69) is 0 Å². The number of carbonyl (C=O) groups is 2. The van der Waals surface area contributed by atoms with Crippen molar-refractivity contribution in [3.05, 3.63) is 53.6 Å². The van der Waals surface area contributed by atoms with Gasteiger partial charge < -0.3 is 5.11 Å². The van der Waals surface area contributed by atoms with Gasteiger partial charge in [0.05, 0.1) is 5.57 Å². The first-order valence-electron chi connectivity index (χ1n) is 4.36. The normalized spacial score (nSPS) is 11.6. The number of aliphatic carboxylic acids is 1. The number of hydrogen-bond donors (Lipinski definition) is 1. The van der Waals surface area contributed by atoms with Crippen LogP contribution in [0.25, 0.3) is 6.08 Å². The van der Waals surface area contributed by atoms with E-state index in [4.69, 9.17) is 5.11 Å². The average molecular weight is 202 g/mol. The van der Waals surface area contributed by atoms with Crippen LogP contribution in [-0.4, -0.2) is 17.4 Å². The molecule has 0 atom stereocenters. The van der Waals surface area contributed by atoms with Crippen molar-refractivity contribution in [2.45, 2.75) is 0 Å². The maximum atomic E-state index is 10.4. The second kappa shape index (κ2) is 5.54. The Balaban J connectivity index is 2.75. The van der Waals surface area contributed by atoms with Crippen molar-refractivity contribution in [2.24, 2.45) is 0 Å². The summed E-state index contributed by atoms with van der Waals surface area (Å²) in [7, 11) is 0. The van der Waals surface area contributed by atoms with Crippen LogP contribution in [0.15, 0.2) is 48.1 Å². The minimum atomic E-state index is -1.22. The SMILES string of the molecule is O=CC(=CC=Cc1ccccc1)C(=O)O. The summed E-state index contributed by atoms with van der Waals surface area (Å²) >= 11 is 0. The van der Waals surface area contributed by atoms with Crippen LogP contribution in [-0.2, 0) is 9.59 Å². The van der Waals surface area contributed by atoms with Crippen molar-refractivity contribution in [1.29, 1.82) is 0 Å². The molecule has 1 N–H and O–H groups in total. The molecule has 0 saturated heterocycles. The van der Waals surface area contributed by atoms with Gasteiger partial charge in [0.15, 0.2) is 6.29 Å². The number of carboxylic acids is 1. The highest BCUT2D eigenvalue weighted by Crippen LogP contribution is 2.01. The summed E-state index contributed by atoms with van der Waals surface area (Å²) in [6.45, 7) is 0. The van der Waals surface area contributed by atoms with Crippen LogP contribution >= 0.6 is 0 Å². The second-order valence-corrected chi connectivity index (χ2v) is 2.81. The topological polar surface area (TPSA) is 54.4 Å². The molecular weight excluding hydrogens is 192 g/mol. The highest BCUT2D eigenvalue weighted by molar-refractivity contribution is 6.06. The average Bonchev–Trinajstić information content (AvgIpc) is 2.25. The van der Waals surface area contributed by atoms with Gasteiger partial charge in [-0.3, -0.25) is 4.79 Å². The molecule has 1 aromatic carbocycles. The lowest BCUT2D eigenvalue weighted by Crippen LogP contribution is -2.00. The molecule has 76 valence electrons. The van der Waals surface area contributed by atoms with Crippen LogP contribution < -0.4 is 0 Å². The van der Waals surface area contributed by atoms with Gasteiger partial charge in [-0.05, 0) is 11.6 Å². The highest BCUT2D eigenvalue weighted by Gasteiger charge is 2.01. The van der Waals surface area contributed by atoms with Gasteiger partial charge in [0, 0.05) is 0 Å². The van der Waals surface area contributed by atoms with Gasteiger partial charge in [0.2, 0.25) is 0 Å². The van der Waals surface area contributed by atoms with Gasteiger partial charge in [-0.2, -0.15) is 0 Å². The molecule has 0 amide bonds. The number of benzene rings is 1. The highest BCUT2D eigenvalue weighted by atomic mass is 16.4. The molecule has 0 saturated carbocycles. The minimum Gasteiger partial charge on any atom is -0.478 e. The van der Waals surface area contributed by atoms with Crippen LogP contribution in [0.1, 0.15) is 5.56 Å². The molecule has 0 heterocycles. The number of aldehydes is 1. The molecule has 0 aliphatic rings. The Bertz CT molecular complexity index is 402. The molecule has 15 heavy (non-hydrogen) atoms. The first-order chi connectivity index (χ1) is 7.24. The lowest BCUT2D eigenvalue weighted by Gasteiger charge is -1.89. The summed E-state index contributed by atoms with van der Waals surface area (Å²) < 4.78 is 0. The fourth-order valence-corrected chi connectivity index (χ4v) is 0.988. The van der Waals surface area contributed by atoms with Crippen LogP contribution in [0.2, 0.25) is 0 Å². The summed E-state index contributed by atoms with van der Waals surface area (Å²) in [6, 6.07) is 9.40. The lowest BCUT2D eigenvalue weighted by atomic mass is 10.2. The van der Waals surface area contributed by atoms with E-state index >= 15 is 0 Å². The van der Waals surface area contributed by atoms with Gasteiger partial charge >= 0.3 is 5.97 Å². The Hall–Kier alpha value is -2.16. The van der Waals surface area contributed by atoms with Gasteiger partial charge in [0.25, 0.3) is 0 Å². The molecule has 0 bridgehead atoms.